The highest BCUT2D eigenvalue weighted by atomic mass is 32.1. The van der Waals surface area contributed by atoms with Crippen molar-refractivity contribution in [2.75, 3.05) is 13.7 Å². The van der Waals surface area contributed by atoms with E-state index in [9.17, 15) is 9.59 Å². The van der Waals surface area contributed by atoms with Gasteiger partial charge in [-0.3, -0.25) is 9.59 Å². The van der Waals surface area contributed by atoms with E-state index in [0.29, 0.717) is 29.5 Å². The lowest BCUT2D eigenvalue weighted by atomic mass is 10.1. The van der Waals surface area contributed by atoms with Crippen molar-refractivity contribution in [2.45, 2.75) is 38.8 Å². The van der Waals surface area contributed by atoms with Crippen LogP contribution in [0.4, 0.5) is 0 Å². The summed E-state index contributed by atoms with van der Waals surface area (Å²) in [5, 5.41) is 3.90. The Balaban J connectivity index is 1.35. The molecule has 0 radical (unpaired) electrons. The molecule has 0 bridgehead atoms. The van der Waals surface area contributed by atoms with Gasteiger partial charge in [0.15, 0.2) is 0 Å². The molecule has 170 valence electrons. The third-order valence-electron chi connectivity index (χ3n) is 6.49. The number of methoxy groups -OCH3 is 1. The van der Waals surface area contributed by atoms with Crippen LogP contribution in [0.3, 0.4) is 0 Å². The number of fused-ring (bicyclic) bond motifs is 1. The number of aryl methyl sites for hydroxylation is 2. The first-order valence-corrected chi connectivity index (χ1v) is 12.1. The van der Waals surface area contributed by atoms with E-state index in [1.165, 1.54) is 0 Å². The Morgan fingerprint density at radius 2 is 1.97 bits per heavy atom. The Bertz CT molecular complexity index is 1220. The summed E-state index contributed by atoms with van der Waals surface area (Å²) in [7, 11) is 1.58. The van der Waals surface area contributed by atoms with E-state index in [4.69, 9.17) is 4.74 Å². The monoisotopic (exact) mass is 461 g/mol. The number of nitrogens with zero attached hydrogens (tertiary/aromatic N) is 2. The van der Waals surface area contributed by atoms with Crippen LogP contribution in [0, 0.1) is 19.8 Å². The van der Waals surface area contributed by atoms with Gasteiger partial charge in [0.2, 0.25) is 0 Å². The smallest absolute Gasteiger partial charge is 0.274 e. The number of benzene rings is 2. The molecule has 2 unspecified atom stereocenters. The van der Waals surface area contributed by atoms with E-state index < -0.39 is 0 Å². The summed E-state index contributed by atoms with van der Waals surface area (Å²) in [5.74, 6) is 0.979. The van der Waals surface area contributed by atoms with E-state index in [1.54, 1.807) is 36.6 Å². The average Bonchev–Trinajstić information content (AvgIpc) is 3.31. The van der Waals surface area contributed by atoms with E-state index in [0.717, 1.165) is 33.9 Å². The zero-order chi connectivity index (χ0) is 23.1. The number of carbonyl (C=O) groups excluding carboxylic acids is 2. The molecular weight excluding hydrogens is 434 g/mol. The molecule has 2 amide bonds. The lowest BCUT2D eigenvalue weighted by Gasteiger charge is -2.27. The molecule has 2 aliphatic rings. The van der Waals surface area contributed by atoms with Crippen molar-refractivity contribution in [2.24, 2.45) is 5.92 Å². The van der Waals surface area contributed by atoms with Gasteiger partial charge in [-0.1, -0.05) is 35.9 Å². The van der Waals surface area contributed by atoms with Gasteiger partial charge in [0.1, 0.15) is 11.4 Å². The van der Waals surface area contributed by atoms with Crippen molar-refractivity contribution in [1.29, 1.82) is 0 Å². The molecule has 1 aliphatic carbocycles. The lowest BCUT2D eigenvalue weighted by Crippen LogP contribution is -2.45. The summed E-state index contributed by atoms with van der Waals surface area (Å²) < 4.78 is 5.22. The summed E-state index contributed by atoms with van der Waals surface area (Å²) in [6.07, 6.45) is 1.95. The highest BCUT2D eigenvalue weighted by Crippen LogP contribution is 2.48. The molecule has 1 saturated carbocycles. The van der Waals surface area contributed by atoms with E-state index >= 15 is 0 Å². The molecule has 2 heterocycles. The molecule has 6 nitrogen and oxygen atoms in total. The molecule has 33 heavy (non-hydrogen) atoms. The van der Waals surface area contributed by atoms with Gasteiger partial charge in [-0.05, 0) is 56.4 Å². The molecule has 1 aromatic heterocycles. The third-order valence-corrected chi connectivity index (χ3v) is 7.51. The maximum atomic E-state index is 13.7. The number of likely N-dealkylation sites (tertiary alicyclic amines) is 1. The minimum Gasteiger partial charge on any atom is -0.497 e. The first-order chi connectivity index (χ1) is 15.9. The number of nitrogens with one attached hydrogen (secondary N) is 1. The quantitative estimate of drug-likeness (QED) is 0.588. The van der Waals surface area contributed by atoms with Crippen LogP contribution < -0.4 is 10.1 Å². The van der Waals surface area contributed by atoms with Gasteiger partial charge in [0.05, 0.1) is 23.0 Å². The minimum absolute atomic E-state index is 0.0248. The molecule has 2 fully saturated rings. The predicted octanol–water partition coefficient (Wildman–Crippen LogP) is 4.47. The number of ether oxygens (including phenoxy) is 1. The SMILES string of the molecule is COc1cccc(C(=O)NCC2CC3C[C@@H]3N2C(=O)c2nc(C)sc2-c2cccc(C)c2)c1. The Hall–Kier alpha value is -3.19. The Morgan fingerprint density at radius 3 is 2.76 bits per heavy atom. The highest BCUT2D eigenvalue weighted by Gasteiger charge is 2.54. The Kier molecular flexibility index (Phi) is 5.66. The van der Waals surface area contributed by atoms with Gasteiger partial charge in [-0.25, -0.2) is 4.98 Å². The van der Waals surface area contributed by atoms with E-state index in [-0.39, 0.29) is 23.9 Å². The van der Waals surface area contributed by atoms with Crippen LogP contribution in [0.2, 0.25) is 0 Å². The number of rotatable bonds is 6. The van der Waals surface area contributed by atoms with Crippen LogP contribution in [0.15, 0.2) is 48.5 Å². The fourth-order valence-corrected chi connectivity index (χ4v) is 5.72. The molecule has 7 heteroatoms. The average molecular weight is 462 g/mol. The van der Waals surface area contributed by atoms with Gasteiger partial charge in [-0.15, -0.1) is 11.3 Å². The van der Waals surface area contributed by atoms with Crippen molar-refractivity contribution in [3.63, 3.8) is 0 Å². The highest BCUT2D eigenvalue weighted by molar-refractivity contribution is 7.15. The number of amides is 2. The standard InChI is InChI=1S/C26H27N3O3S/c1-15-6-4-7-17(10-15)24-23(28-16(2)33-24)26(31)29-20(11-19-13-22(19)29)14-27-25(30)18-8-5-9-21(12-18)32-3/h4-10,12,19-20,22H,11,13-14H2,1-3H3,(H,27,30)/t19?,20?,22-/m0/s1. The van der Waals surface area contributed by atoms with Crippen LogP contribution in [0.5, 0.6) is 5.75 Å². The number of aromatic nitrogens is 1. The molecule has 0 spiro atoms. The molecule has 2 aromatic carbocycles. The number of carbonyl (C=O) groups is 2. The second kappa shape index (κ2) is 8.63. The van der Waals surface area contributed by atoms with Crippen LogP contribution in [0.1, 0.15) is 44.3 Å². The largest absolute Gasteiger partial charge is 0.497 e. The summed E-state index contributed by atoms with van der Waals surface area (Å²) in [6, 6.07) is 15.5. The second-order valence-electron chi connectivity index (χ2n) is 8.89. The van der Waals surface area contributed by atoms with Gasteiger partial charge in [0, 0.05) is 18.2 Å². The van der Waals surface area contributed by atoms with Crippen molar-refractivity contribution in [1.82, 2.24) is 15.2 Å². The molecule has 1 N–H and O–H groups in total. The normalized spacial score (nSPS) is 20.9. The first-order valence-electron chi connectivity index (χ1n) is 11.2. The van der Waals surface area contributed by atoms with Gasteiger partial charge < -0.3 is 15.0 Å². The van der Waals surface area contributed by atoms with E-state index in [1.807, 2.05) is 30.0 Å². The molecule has 5 rings (SSSR count). The zero-order valence-electron chi connectivity index (χ0n) is 19.0. The van der Waals surface area contributed by atoms with Crippen LogP contribution >= 0.6 is 11.3 Å². The summed E-state index contributed by atoms with van der Waals surface area (Å²) >= 11 is 1.56. The maximum absolute atomic E-state index is 13.7. The Labute approximate surface area is 197 Å². The number of piperidine rings is 1. The summed E-state index contributed by atoms with van der Waals surface area (Å²) in [6.45, 7) is 4.42. The van der Waals surface area contributed by atoms with Crippen LogP contribution in [0.25, 0.3) is 10.4 Å². The second-order valence-corrected chi connectivity index (χ2v) is 10.1. The van der Waals surface area contributed by atoms with Crippen LogP contribution in [-0.4, -0.2) is 47.4 Å². The summed E-state index contributed by atoms with van der Waals surface area (Å²) in [5.41, 5.74) is 3.25. The third kappa shape index (κ3) is 4.25. The topological polar surface area (TPSA) is 71.5 Å². The van der Waals surface area contributed by atoms with Gasteiger partial charge in [0.25, 0.3) is 11.8 Å². The van der Waals surface area contributed by atoms with Gasteiger partial charge in [-0.2, -0.15) is 0 Å². The van der Waals surface area contributed by atoms with Crippen molar-refractivity contribution in [3.05, 3.63) is 70.4 Å². The van der Waals surface area contributed by atoms with Crippen molar-refractivity contribution in [3.8, 4) is 16.2 Å². The maximum Gasteiger partial charge on any atom is 0.274 e. The van der Waals surface area contributed by atoms with Gasteiger partial charge >= 0.3 is 0 Å². The van der Waals surface area contributed by atoms with Crippen molar-refractivity contribution >= 4 is 23.2 Å². The first kappa shape index (κ1) is 21.6. The minimum atomic E-state index is -0.160. The molecule has 3 atom stereocenters. The number of hydrogen-bond donors (Lipinski definition) is 1. The fraction of sp³-hybridized carbons (Fsp3) is 0.346. The van der Waals surface area contributed by atoms with Crippen LogP contribution in [-0.2, 0) is 0 Å². The summed E-state index contributed by atoms with van der Waals surface area (Å²) in [4.78, 5) is 34.0. The predicted molar refractivity (Wildman–Crippen MR) is 129 cm³/mol. The lowest BCUT2D eigenvalue weighted by molar-refractivity contribution is 0.0684. The number of thiazole rings is 1. The molecule has 1 aliphatic heterocycles. The Morgan fingerprint density at radius 1 is 1.15 bits per heavy atom. The number of hydrogen-bond acceptors (Lipinski definition) is 5. The fourth-order valence-electron chi connectivity index (χ4n) is 4.81. The van der Waals surface area contributed by atoms with Crippen molar-refractivity contribution < 1.29 is 14.3 Å². The molecule has 3 aromatic rings. The zero-order valence-corrected chi connectivity index (χ0v) is 19.8. The van der Waals surface area contributed by atoms with E-state index in [2.05, 4.69) is 29.4 Å². The molecule has 1 saturated heterocycles. The molecular formula is C26H27N3O3S.